The normalized spacial score (nSPS) is 18.3. The molecule has 114 valence electrons. The lowest BCUT2D eigenvalue weighted by Crippen LogP contribution is -2.45. The SMILES string of the molecule is Cc1cc(C(=O)N[C@H]2CCCNC2)c2c(C)noc2n1.Cl. The van der Waals surface area contributed by atoms with Crippen LogP contribution >= 0.6 is 12.4 Å². The number of nitrogens with one attached hydrogen (secondary N) is 2. The molecule has 0 spiro atoms. The zero-order valence-corrected chi connectivity index (χ0v) is 12.9. The van der Waals surface area contributed by atoms with Gasteiger partial charge < -0.3 is 15.2 Å². The Kier molecular flexibility index (Phi) is 4.80. The molecule has 1 aliphatic heterocycles. The van der Waals surface area contributed by atoms with E-state index in [9.17, 15) is 4.79 Å². The van der Waals surface area contributed by atoms with Gasteiger partial charge in [0.05, 0.1) is 16.6 Å². The van der Waals surface area contributed by atoms with E-state index in [1.165, 1.54) is 0 Å². The van der Waals surface area contributed by atoms with Gasteiger partial charge in [-0.15, -0.1) is 12.4 Å². The molecule has 2 N–H and O–H groups in total. The highest BCUT2D eigenvalue weighted by Gasteiger charge is 2.21. The summed E-state index contributed by atoms with van der Waals surface area (Å²) in [5, 5.41) is 11.0. The molecule has 2 aromatic rings. The van der Waals surface area contributed by atoms with Crippen LogP contribution in [-0.2, 0) is 0 Å². The number of hydrogen-bond acceptors (Lipinski definition) is 5. The van der Waals surface area contributed by atoms with Crippen LogP contribution in [-0.4, -0.2) is 35.2 Å². The van der Waals surface area contributed by atoms with Crippen LogP contribution in [0.25, 0.3) is 11.1 Å². The summed E-state index contributed by atoms with van der Waals surface area (Å²) in [7, 11) is 0. The topological polar surface area (TPSA) is 80.0 Å². The minimum absolute atomic E-state index is 0. The molecule has 1 saturated heterocycles. The Morgan fingerprint density at radius 1 is 1.48 bits per heavy atom. The minimum atomic E-state index is -0.0829. The quantitative estimate of drug-likeness (QED) is 0.883. The smallest absolute Gasteiger partial charge is 0.258 e. The summed E-state index contributed by atoms with van der Waals surface area (Å²) in [5.74, 6) is -0.0829. The number of hydrogen-bond donors (Lipinski definition) is 2. The Labute approximate surface area is 129 Å². The molecule has 1 atom stereocenters. The van der Waals surface area contributed by atoms with Crippen molar-refractivity contribution >= 4 is 29.4 Å². The zero-order chi connectivity index (χ0) is 14.1. The van der Waals surface area contributed by atoms with Gasteiger partial charge in [-0.2, -0.15) is 0 Å². The first-order valence-corrected chi connectivity index (χ1v) is 6.90. The van der Waals surface area contributed by atoms with Crippen molar-refractivity contribution in [3.8, 4) is 0 Å². The molecule has 3 rings (SSSR count). The van der Waals surface area contributed by atoms with Gasteiger partial charge in [-0.25, -0.2) is 4.98 Å². The van der Waals surface area contributed by atoms with Crippen molar-refractivity contribution in [1.82, 2.24) is 20.8 Å². The van der Waals surface area contributed by atoms with Crippen molar-refractivity contribution in [3.05, 3.63) is 23.0 Å². The number of halogens is 1. The summed E-state index contributed by atoms with van der Waals surface area (Å²) >= 11 is 0. The van der Waals surface area contributed by atoms with Crippen molar-refractivity contribution in [2.24, 2.45) is 0 Å². The third-order valence-corrected chi connectivity index (χ3v) is 3.62. The van der Waals surface area contributed by atoms with Gasteiger partial charge in [-0.1, -0.05) is 5.16 Å². The lowest BCUT2D eigenvalue weighted by Gasteiger charge is -2.23. The summed E-state index contributed by atoms with van der Waals surface area (Å²) in [5.41, 5.74) is 2.46. The first-order chi connectivity index (χ1) is 9.65. The second-order valence-corrected chi connectivity index (χ2v) is 5.28. The molecule has 0 bridgehead atoms. The maximum absolute atomic E-state index is 12.5. The van der Waals surface area contributed by atoms with Crippen molar-refractivity contribution in [2.75, 3.05) is 13.1 Å². The lowest BCUT2D eigenvalue weighted by atomic mass is 10.1. The summed E-state index contributed by atoms with van der Waals surface area (Å²) in [6, 6.07) is 1.97. The number of piperidine rings is 1. The van der Waals surface area contributed by atoms with E-state index in [1.54, 1.807) is 6.07 Å². The average molecular weight is 311 g/mol. The van der Waals surface area contributed by atoms with Crippen LogP contribution < -0.4 is 10.6 Å². The summed E-state index contributed by atoms with van der Waals surface area (Å²) in [4.78, 5) is 16.8. The van der Waals surface area contributed by atoms with Gasteiger partial charge in [-0.05, 0) is 39.3 Å². The van der Waals surface area contributed by atoms with Crippen molar-refractivity contribution in [2.45, 2.75) is 32.7 Å². The van der Waals surface area contributed by atoms with Gasteiger partial charge in [0.1, 0.15) is 0 Å². The van der Waals surface area contributed by atoms with E-state index < -0.39 is 0 Å². The first kappa shape index (κ1) is 15.7. The number of aromatic nitrogens is 2. The monoisotopic (exact) mass is 310 g/mol. The molecule has 1 fully saturated rings. The molecule has 7 heteroatoms. The average Bonchev–Trinajstić information content (AvgIpc) is 2.80. The molecule has 2 aromatic heterocycles. The fourth-order valence-electron chi connectivity index (χ4n) is 2.63. The number of carbonyl (C=O) groups is 1. The number of carbonyl (C=O) groups excluding carboxylic acids is 1. The van der Waals surface area contributed by atoms with Gasteiger partial charge in [0, 0.05) is 18.3 Å². The second kappa shape index (κ2) is 6.41. The standard InChI is InChI=1S/C14H18N4O2.ClH/c1-8-6-11(12-9(2)18-20-14(12)16-8)13(19)17-10-4-3-5-15-7-10;/h6,10,15H,3-5,7H2,1-2H3,(H,17,19);1H/t10-;/m0./s1. The van der Waals surface area contributed by atoms with Gasteiger partial charge >= 0.3 is 0 Å². The highest BCUT2D eigenvalue weighted by molar-refractivity contribution is 6.06. The summed E-state index contributed by atoms with van der Waals surface area (Å²) in [6.45, 7) is 5.51. The van der Waals surface area contributed by atoms with Crippen molar-refractivity contribution < 1.29 is 9.32 Å². The Hall–Kier alpha value is -1.66. The Bertz CT molecular complexity index is 650. The van der Waals surface area contributed by atoms with E-state index in [0.29, 0.717) is 22.4 Å². The van der Waals surface area contributed by atoms with Crippen LogP contribution in [0.1, 0.15) is 34.6 Å². The van der Waals surface area contributed by atoms with E-state index in [1.807, 2.05) is 13.8 Å². The van der Waals surface area contributed by atoms with Crippen molar-refractivity contribution in [1.29, 1.82) is 0 Å². The van der Waals surface area contributed by atoms with E-state index in [-0.39, 0.29) is 24.4 Å². The van der Waals surface area contributed by atoms with E-state index >= 15 is 0 Å². The van der Waals surface area contributed by atoms with Crippen molar-refractivity contribution in [3.63, 3.8) is 0 Å². The molecular weight excluding hydrogens is 292 g/mol. The van der Waals surface area contributed by atoms with Crippen LogP contribution in [0.2, 0.25) is 0 Å². The van der Waals surface area contributed by atoms with Crippen LogP contribution in [0.4, 0.5) is 0 Å². The molecule has 0 aliphatic carbocycles. The molecule has 1 aliphatic rings. The number of rotatable bonds is 2. The predicted octanol–water partition coefficient (Wildman–Crippen LogP) is 1.74. The van der Waals surface area contributed by atoms with Crippen LogP contribution in [0.3, 0.4) is 0 Å². The third kappa shape index (κ3) is 3.16. The molecule has 0 unspecified atom stereocenters. The Balaban J connectivity index is 0.00000161. The molecule has 1 amide bonds. The van der Waals surface area contributed by atoms with Gasteiger partial charge in [0.2, 0.25) is 0 Å². The first-order valence-electron chi connectivity index (χ1n) is 6.90. The van der Waals surface area contributed by atoms with Gasteiger partial charge in [0.15, 0.2) is 0 Å². The molecule has 0 aromatic carbocycles. The Morgan fingerprint density at radius 3 is 3.00 bits per heavy atom. The van der Waals surface area contributed by atoms with E-state index in [4.69, 9.17) is 4.52 Å². The van der Waals surface area contributed by atoms with Crippen LogP contribution in [0.5, 0.6) is 0 Å². The maximum atomic E-state index is 12.5. The molecule has 3 heterocycles. The van der Waals surface area contributed by atoms with E-state index in [2.05, 4.69) is 20.8 Å². The predicted molar refractivity (Wildman–Crippen MR) is 81.9 cm³/mol. The Morgan fingerprint density at radius 2 is 2.29 bits per heavy atom. The molecule has 21 heavy (non-hydrogen) atoms. The number of amides is 1. The highest BCUT2D eigenvalue weighted by atomic mass is 35.5. The summed E-state index contributed by atoms with van der Waals surface area (Å²) in [6.07, 6.45) is 2.09. The highest BCUT2D eigenvalue weighted by Crippen LogP contribution is 2.22. The molecule has 0 radical (unpaired) electrons. The number of pyridine rings is 1. The van der Waals surface area contributed by atoms with Gasteiger partial charge in [0.25, 0.3) is 11.6 Å². The largest absolute Gasteiger partial charge is 0.348 e. The van der Waals surface area contributed by atoms with Crippen LogP contribution in [0.15, 0.2) is 10.6 Å². The maximum Gasteiger partial charge on any atom is 0.258 e. The lowest BCUT2D eigenvalue weighted by molar-refractivity contribution is 0.0932. The molecular formula is C14H19ClN4O2. The zero-order valence-electron chi connectivity index (χ0n) is 12.1. The fraction of sp³-hybridized carbons (Fsp3) is 0.500. The number of nitrogens with zero attached hydrogens (tertiary/aromatic N) is 2. The van der Waals surface area contributed by atoms with Crippen LogP contribution in [0, 0.1) is 13.8 Å². The molecule has 0 saturated carbocycles. The number of aryl methyl sites for hydroxylation is 2. The van der Waals surface area contributed by atoms with E-state index in [0.717, 1.165) is 31.6 Å². The van der Waals surface area contributed by atoms with Gasteiger partial charge in [-0.3, -0.25) is 4.79 Å². The minimum Gasteiger partial charge on any atom is -0.348 e. The third-order valence-electron chi connectivity index (χ3n) is 3.62. The second-order valence-electron chi connectivity index (χ2n) is 5.28. The number of fused-ring (bicyclic) bond motifs is 1. The fourth-order valence-corrected chi connectivity index (χ4v) is 2.63. The molecule has 6 nitrogen and oxygen atoms in total. The summed E-state index contributed by atoms with van der Waals surface area (Å²) < 4.78 is 5.16.